The zero-order valence-electron chi connectivity index (χ0n) is 20.1. The molecule has 0 saturated heterocycles. The summed E-state index contributed by atoms with van der Waals surface area (Å²) in [6.07, 6.45) is -1.70. The molecule has 5 rings (SSSR count). The first-order chi connectivity index (χ1) is 17.8. The van der Waals surface area contributed by atoms with Gasteiger partial charge in [0.2, 0.25) is 0 Å². The van der Waals surface area contributed by atoms with Crippen LogP contribution in [0.5, 0.6) is 5.75 Å². The van der Waals surface area contributed by atoms with E-state index in [9.17, 15) is 22.8 Å². The molecular formula is C28H24F3NO4S. The number of anilines is 1. The average molecular weight is 528 g/mol. The highest BCUT2D eigenvalue weighted by Gasteiger charge is 2.33. The number of esters is 1. The molecule has 9 heteroatoms. The number of ether oxygens (including phenoxy) is 2. The van der Waals surface area contributed by atoms with Crippen LogP contribution >= 0.6 is 11.8 Å². The molecule has 0 unspecified atom stereocenters. The Bertz CT molecular complexity index is 1350. The second-order valence-corrected chi connectivity index (χ2v) is 9.87. The van der Waals surface area contributed by atoms with E-state index in [-0.39, 0.29) is 19.1 Å². The van der Waals surface area contributed by atoms with Gasteiger partial charge in [0.25, 0.3) is 5.91 Å². The van der Waals surface area contributed by atoms with Crippen LogP contribution in [0.3, 0.4) is 0 Å². The van der Waals surface area contributed by atoms with Gasteiger partial charge in [0.15, 0.2) is 6.61 Å². The molecule has 1 heterocycles. The first-order valence-corrected chi connectivity index (χ1v) is 12.8. The SMILES string of the molecule is CCOC(=O)COc1ccc(Sc2cccc3c2CN(c2ccc(C(F)(F)F)cc2)C3=O)c2c1CCC2. The molecule has 0 atom stereocenters. The second-order valence-electron chi connectivity index (χ2n) is 8.79. The molecule has 0 aromatic heterocycles. The third-order valence-corrected chi connectivity index (χ3v) is 7.71. The van der Waals surface area contributed by atoms with E-state index in [1.807, 2.05) is 24.3 Å². The fraction of sp³-hybridized carbons (Fsp3) is 0.286. The minimum Gasteiger partial charge on any atom is -0.482 e. The Morgan fingerprint density at radius 3 is 2.43 bits per heavy atom. The molecule has 0 radical (unpaired) electrons. The van der Waals surface area contributed by atoms with E-state index in [4.69, 9.17) is 9.47 Å². The van der Waals surface area contributed by atoms with Gasteiger partial charge in [-0.2, -0.15) is 13.2 Å². The summed E-state index contributed by atoms with van der Waals surface area (Å²) in [4.78, 5) is 28.3. The number of hydrogen-bond acceptors (Lipinski definition) is 5. The van der Waals surface area contributed by atoms with E-state index in [0.29, 0.717) is 23.6 Å². The van der Waals surface area contributed by atoms with Crippen LogP contribution in [0.4, 0.5) is 18.9 Å². The minimum absolute atomic E-state index is 0.138. The maximum atomic E-state index is 13.1. The molecule has 0 N–H and O–H groups in total. The van der Waals surface area contributed by atoms with Gasteiger partial charge in [0.05, 0.1) is 18.7 Å². The zero-order chi connectivity index (χ0) is 26.2. The normalized spacial score (nSPS) is 14.5. The fourth-order valence-corrected chi connectivity index (χ4v) is 5.93. The van der Waals surface area contributed by atoms with Gasteiger partial charge in [-0.15, -0.1) is 0 Å². The Kier molecular flexibility index (Phi) is 6.90. The minimum atomic E-state index is -4.43. The molecule has 1 amide bonds. The van der Waals surface area contributed by atoms with E-state index in [1.165, 1.54) is 22.6 Å². The number of fused-ring (bicyclic) bond motifs is 2. The van der Waals surface area contributed by atoms with Gasteiger partial charge in [0.1, 0.15) is 5.75 Å². The van der Waals surface area contributed by atoms with Crippen molar-refractivity contribution in [2.24, 2.45) is 0 Å². The number of benzene rings is 3. The Balaban J connectivity index is 1.38. The van der Waals surface area contributed by atoms with Crippen molar-refractivity contribution in [2.45, 2.75) is 48.7 Å². The molecule has 3 aromatic carbocycles. The summed E-state index contributed by atoms with van der Waals surface area (Å²) in [5.41, 5.74) is 3.34. The first kappa shape index (κ1) is 25.2. The third kappa shape index (κ3) is 5.05. The standard InChI is InChI=1S/C28H24F3NO4S/c1-2-35-26(33)16-36-23-13-14-25(20-6-3-5-19(20)23)37-24-8-4-7-21-22(24)15-32(27(21)34)18-11-9-17(10-12-18)28(29,30)31/h4,7-14H,2-3,5-6,15-16H2,1H3. The number of halogens is 3. The number of nitrogens with zero attached hydrogens (tertiary/aromatic N) is 1. The largest absolute Gasteiger partial charge is 0.482 e. The molecule has 0 bridgehead atoms. The number of hydrogen-bond donors (Lipinski definition) is 0. The van der Waals surface area contributed by atoms with Gasteiger partial charge in [0, 0.05) is 21.0 Å². The van der Waals surface area contributed by atoms with E-state index < -0.39 is 17.7 Å². The number of carbonyl (C=O) groups excluding carboxylic acids is 2. The predicted molar refractivity (Wildman–Crippen MR) is 133 cm³/mol. The lowest BCUT2D eigenvalue weighted by Gasteiger charge is -2.17. The molecule has 1 aliphatic heterocycles. The topological polar surface area (TPSA) is 55.8 Å². The second kappa shape index (κ2) is 10.1. The number of amides is 1. The fourth-order valence-electron chi connectivity index (χ4n) is 4.77. The van der Waals surface area contributed by atoms with Crippen LogP contribution < -0.4 is 9.64 Å². The molecule has 1 aliphatic carbocycles. The van der Waals surface area contributed by atoms with Crippen LogP contribution in [-0.4, -0.2) is 25.1 Å². The van der Waals surface area contributed by atoms with Gasteiger partial charge < -0.3 is 14.4 Å². The smallest absolute Gasteiger partial charge is 0.416 e. The summed E-state index contributed by atoms with van der Waals surface area (Å²) in [6, 6.07) is 14.0. The average Bonchev–Trinajstić information content (AvgIpc) is 3.50. The van der Waals surface area contributed by atoms with Crippen molar-refractivity contribution < 1.29 is 32.2 Å². The number of rotatable bonds is 7. The third-order valence-electron chi connectivity index (χ3n) is 6.50. The molecule has 2 aliphatic rings. The van der Waals surface area contributed by atoms with Gasteiger partial charge in [-0.3, -0.25) is 4.79 Å². The van der Waals surface area contributed by atoms with Gasteiger partial charge in [-0.05, 0) is 91.4 Å². The maximum absolute atomic E-state index is 13.1. The highest BCUT2D eigenvalue weighted by Crippen LogP contribution is 2.43. The Hall–Kier alpha value is -3.46. The van der Waals surface area contributed by atoms with Crippen LogP contribution in [0, 0.1) is 0 Å². The van der Waals surface area contributed by atoms with Gasteiger partial charge >= 0.3 is 12.1 Å². The van der Waals surface area contributed by atoms with Crippen LogP contribution in [-0.2, 0) is 35.1 Å². The van der Waals surface area contributed by atoms with Crippen LogP contribution in [0.25, 0.3) is 0 Å². The summed E-state index contributed by atoms with van der Waals surface area (Å²) >= 11 is 1.57. The lowest BCUT2D eigenvalue weighted by molar-refractivity contribution is -0.145. The summed E-state index contributed by atoms with van der Waals surface area (Å²) in [6.45, 7) is 2.20. The van der Waals surface area contributed by atoms with Crippen molar-refractivity contribution >= 4 is 29.3 Å². The van der Waals surface area contributed by atoms with Crippen molar-refractivity contribution in [1.29, 1.82) is 0 Å². The predicted octanol–water partition coefficient (Wildman–Crippen LogP) is 6.45. The van der Waals surface area contributed by atoms with Crippen molar-refractivity contribution in [3.63, 3.8) is 0 Å². The van der Waals surface area contributed by atoms with E-state index in [1.54, 1.807) is 24.8 Å². The quantitative estimate of drug-likeness (QED) is 0.331. The molecule has 0 saturated carbocycles. The molecule has 3 aromatic rings. The number of carbonyl (C=O) groups is 2. The first-order valence-electron chi connectivity index (χ1n) is 12.0. The number of alkyl halides is 3. The van der Waals surface area contributed by atoms with E-state index >= 15 is 0 Å². The lowest BCUT2D eigenvalue weighted by atomic mass is 10.1. The highest BCUT2D eigenvalue weighted by molar-refractivity contribution is 7.99. The van der Waals surface area contributed by atoms with Crippen molar-refractivity contribution in [1.82, 2.24) is 0 Å². The summed E-state index contributed by atoms with van der Waals surface area (Å²) in [5, 5.41) is 0. The molecule has 5 nitrogen and oxygen atoms in total. The highest BCUT2D eigenvalue weighted by atomic mass is 32.2. The molecule has 0 spiro atoms. The van der Waals surface area contributed by atoms with Crippen molar-refractivity contribution in [3.05, 3.63) is 82.4 Å². The summed E-state index contributed by atoms with van der Waals surface area (Å²) in [7, 11) is 0. The molecule has 0 fully saturated rings. The van der Waals surface area contributed by atoms with Crippen LogP contribution in [0.1, 0.15) is 46.0 Å². The lowest BCUT2D eigenvalue weighted by Crippen LogP contribution is -2.23. The maximum Gasteiger partial charge on any atom is 0.416 e. The molecule has 192 valence electrons. The van der Waals surface area contributed by atoms with Crippen LogP contribution in [0.15, 0.2) is 64.4 Å². The van der Waals surface area contributed by atoms with E-state index in [2.05, 4.69) is 0 Å². The van der Waals surface area contributed by atoms with Crippen molar-refractivity contribution in [2.75, 3.05) is 18.1 Å². The Morgan fingerprint density at radius 2 is 1.70 bits per heavy atom. The zero-order valence-corrected chi connectivity index (χ0v) is 20.9. The van der Waals surface area contributed by atoms with Gasteiger partial charge in [-0.1, -0.05) is 17.8 Å². The van der Waals surface area contributed by atoms with E-state index in [0.717, 1.165) is 52.3 Å². The Morgan fingerprint density at radius 1 is 0.973 bits per heavy atom. The summed E-state index contributed by atoms with van der Waals surface area (Å²) in [5.74, 6) is 0.0480. The monoisotopic (exact) mass is 527 g/mol. The molecular weight excluding hydrogens is 503 g/mol. The Labute approximate surface area is 216 Å². The summed E-state index contributed by atoms with van der Waals surface area (Å²) < 4.78 is 49.6. The van der Waals surface area contributed by atoms with Crippen LogP contribution in [0.2, 0.25) is 0 Å². The molecule has 37 heavy (non-hydrogen) atoms. The van der Waals surface area contributed by atoms with Crippen molar-refractivity contribution in [3.8, 4) is 5.75 Å². The van der Waals surface area contributed by atoms with Gasteiger partial charge in [-0.25, -0.2) is 4.79 Å².